The Bertz CT molecular complexity index is 260. The number of nitrogens with one attached hydrogen (secondary N) is 1. The van der Waals surface area contributed by atoms with Gasteiger partial charge in [-0.15, -0.1) is 0 Å². The van der Waals surface area contributed by atoms with Gasteiger partial charge in [0.1, 0.15) is 0 Å². The number of morpholine rings is 1. The van der Waals surface area contributed by atoms with Crippen molar-refractivity contribution < 1.29 is 13.2 Å². The molecule has 0 saturated carbocycles. The molecule has 1 rings (SSSR count). The molecule has 1 heterocycles. The summed E-state index contributed by atoms with van der Waals surface area (Å²) in [5, 5.41) is 0. The van der Waals surface area contributed by atoms with Crippen molar-refractivity contribution in [2.75, 3.05) is 39.1 Å². The fraction of sp³-hybridized carbons (Fsp3) is 1.00. The molecular formula is C8H18N2O3S. The Labute approximate surface area is 85.5 Å². The van der Waals surface area contributed by atoms with E-state index in [0.29, 0.717) is 6.54 Å². The number of hydrogen-bond donors (Lipinski definition) is 1. The van der Waals surface area contributed by atoms with Gasteiger partial charge in [0.2, 0.25) is 10.0 Å². The zero-order chi connectivity index (χ0) is 10.6. The molecule has 1 aliphatic heterocycles. The van der Waals surface area contributed by atoms with Crippen LogP contribution in [0.3, 0.4) is 0 Å². The number of hydrogen-bond acceptors (Lipinski definition) is 4. The van der Waals surface area contributed by atoms with Gasteiger partial charge in [-0.05, 0) is 6.92 Å². The standard InChI is InChI=1S/C8H18N2O3S/c1-8(7-9-14(2,11)12)10-3-5-13-6-4-10/h8-9H,3-7H2,1-2H3. The van der Waals surface area contributed by atoms with E-state index in [9.17, 15) is 8.42 Å². The average Bonchev–Trinajstić information content (AvgIpc) is 2.14. The van der Waals surface area contributed by atoms with Gasteiger partial charge in [-0.25, -0.2) is 13.1 Å². The van der Waals surface area contributed by atoms with Crippen LogP contribution in [0, 0.1) is 0 Å². The molecule has 0 aromatic carbocycles. The molecule has 5 nitrogen and oxygen atoms in total. The molecular weight excluding hydrogens is 204 g/mol. The fourth-order valence-electron chi connectivity index (χ4n) is 1.42. The first kappa shape index (κ1) is 11.9. The second kappa shape index (κ2) is 5.06. The first-order chi connectivity index (χ1) is 6.49. The van der Waals surface area contributed by atoms with Gasteiger partial charge < -0.3 is 4.74 Å². The van der Waals surface area contributed by atoms with Crippen LogP contribution in [-0.4, -0.2) is 58.5 Å². The van der Waals surface area contributed by atoms with E-state index in [-0.39, 0.29) is 6.04 Å². The highest BCUT2D eigenvalue weighted by Gasteiger charge is 2.17. The van der Waals surface area contributed by atoms with Crippen molar-refractivity contribution in [3.63, 3.8) is 0 Å². The molecule has 1 unspecified atom stereocenters. The smallest absolute Gasteiger partial charge is 0.208 e. The molecule has 1 atom stereocenters. The van der Waals surface area contributed by atoms with Gasteiger partial charge in [0, 0.05) is 25.7 Å². The summed E-state index contributed by atoms with van der Waals surface area (Å²) in [6.45, 7) is 5.73. The third kappa shape index (κ3) is 4.36. The van der Waals surface area contributed by atoms with Gasteiger partial charge in [0.15, 0.2) is 0 Å². The predicted molar refractivity (Wildman–Crippen MR) is 54.7 cm³/mol. The summed E-state index contributed by atoms with van der Waals surface area (Å²) in [6.07, 6.45) is 1.18. The Morgan fingerprint density at radius 1 is 1.43 bits per heavy atom. The monoisotopic (exact) mass is 222 g/mol. The minimum absolute atomic E-state index is 0.230. The molecule has 0 amide bonds. The Morgan fingerprint density at radius 2 is 2.00 bits per heavy atom. The topological polar surface area (TPSA) is 58.6 Å². The second-order valence-electron chi connectivity index (χ2n) is 3.62. The lowest BCUT2D eigenvalue weighted by Gasteiger charge is -2.32. The van der Waals surface area contributed by atoms with E-state index in [2.05, 4.69) is 9.62 Å². The summed E-state index contributed by atoms with van der Waals surface area (Å²) in [6, 6.07) is 0.230. The average molecular weight is 222 g/mol. The Hall–Kier alpha value is -0.170. The number of rotatable bonds is 4. The summed E-state index contributed by atoms with van der Waals surface area (Å²) in [5.74, 6) is 0. The van der Waals surface area contributed by atoms with Crippen molar-refractivity contribution in [2.45, 2.75) is 13.0 Å². The van der Waals surface area contributed by atoms with Crippen molar-refractivity contribution in [1.82, 2.24) is 9.62 Å². The van der Waals surface area contributed by atoms with Crippen LogP contribution in [0.1, 0.15) is 6.92 Å². The molecule has 1 saturated heterocycles. The lowest BCUT2D eigenvalue weighted by molar-refractivity contribution is 0.0213. The minimum atomic E-state index is -3.07. The maximum atomic E-state index is 10.9. The molecule has 0 aliphatic carbocycles. The molecule has 0 spiro atoms. The van der Waals surface area contributed by atoms with Crippen molar-refractivity contribution >= 4 is 10.0 Å². The molecule has 1 fully saturated rings. The number of nitrogens with zero attached hydrogens (tertiary/aromatic N) is 1. The Morgan fingerprint density at radius 3 is 2.50 bits per heavy atom. The summed E-state index contributed by atoms with van der Waals surface area (Å²) >= 11 is 0. The SMILES string of the molecule is CC(CNS(C)(=O)=O)N1CCOCC1. The van der Waals surface area contributed by atoms with Crippen molar-refractivity contribution in [3.05, 3.63) is 0 Å². The van der Waals surface area contributed by atoms with Crippen LogP contribution in [0.15, 0.2) is 0 Å². The predicted octanol–water partition coefficient (Wildman–Crippen LogP) is -0.744. The molecule has 0 radical (unpaired) electrons. The quantitative estimate of drug-likeness (QED) is 0.680. The van der Waals surface area contributed by atoms with E-state index < -0.39 is 10.0 Å². The second-order valence-corrected chi connectivity index (χ2v) is 5.45. The van der Waals surface area contributed by atoms with Crippen LogP contribution >= 0.6 is 0 Å². The first-order valence-corrected chi connectivity index (χ1v) is 6.64. The molecule has 0 aromatic heterocycles. The van der Waals surface area contributed by atoms with Crippen molar-refractivity contribution in [3.8, 4) is 0 Å². The summed E-state index contributed by atoms with van der Waals surface area (Å²) in [5.41, 5.74) is 0. The van der Waals surface area contributed by atoms with Crippen LogP contribution in [0.25, 0.3) is 0 Å². The maximum Gasteiger partial charge on any atom is 0.208 e. The zero-order valence-corrected chi connectivity index (χ0v) is 9.51. The molecule has 84 valence electrons. The third-order valence-corrected chi connectivity index (χ3v) is 3.00. The van der Waals surface area contributed by atoms with E-state index >= 15 is 0 Å². The van der Waals surface area contributed by atoms with Crippen LogP contribution in [0.5, 0.6) is 0 Å². The number of sulfonamides is 1. The molecule has 6 heteroatoms. The summed E-state index contributed by atoms with van der Waals surface area (Å²) in [7, 11) is -3.07. The minimum Gasteiger partial charge on any atom is -0.379 e. The van der Waals surface area contributed by atoms with Crippen molar-refractivity contribution in [2.24, 2.45) is 0 Å². The van der Waals surface area contributed by atoms with Crippen LogP contribution in [0.4, 0.5) is 0 Å². The van der Waals surface area contributed by atoms with Gasteiger partial charge >= 0.3 is 0 Å². The lowest BCUT2D eigenvalue weighted by atomic mass is 10.2. The highest BCUT2D eigenvalue weighted by atomic mass is 32.2. The van der Waals surface area contributed by atoms with E-state index in [1.807, 2.05) is 6.92 Å². The van der Waals surface area contributed by atoms with E-state index in [1.165, 1.54) is 6.26 Å². The van der Waals surface area contributed by atoms with E-state index in [4.69, 9.17) is 4.74 Å². The van der Waals surface area contributed by atoms with Gasteiger partial charge in [0.25, 0.3) is 0 Å². The lowest BCUT2D eigenvalue weighted by Crippen LogP contribution is -2.47. The Balaban J connectivity index is 2.30. The van der Waals surface area contributed by atoms with Gasteiger partial charge in [0.05, 0.1) is 19.5 Å². The highest BCUT2D eigenvalue weighted by Crippen LogP contribution is 2.02. The molecule has 14 heavy (non-hydrogen) atoms. The summed E-state index contributed by atoms with van der Waals surface area (Å²) in [4.78, 5) is 2.22. The molecule has 1 N–H and O–H groups in total. The van der Waals surface area contributed by atoms with Gasteiger partial charge in [-0.3, -0.25) is 4.90 Å². The van der Waals surface area contributed by atoms with Crippen LogP contribution in [-0.2, 0) is 14.8 Å². The summed E-state index contributed by atoms with van der Waals surface area (Å²) < 4.78 is 29.5. The van der Waals surface area contributed by atoms with Gasteiger partial charge in [-0.2, -0.15) is 0 Å². The molecule has 0 bridgehead atoms. The van der Waals surface area contributed by atoms with Crippen LogP contribution in [0.2, 0.25) is 0 Å². The van der Waals surface area contributed by atoms with Crippen molar-refractivity contribution in [1.29, 1.82) is 0 Å². The zero-order valence-electron chi connectivity index (χ0n) is 8.69. The number of ether oxygens (including phenoxy) is 1. The van der Waals surface area contributed by atoms with Crippen LogP contribution < -0.4 is 4.72 Å². The highest BCUT2D eigenvalue weighted by molar-refractivity contribution is 7.88. The van der Waals surface area contributed by atoms with E-state index in [1.54, 1.807) is 0 Å². The largest absolute Gasteiger partial charge is 0.379 e. The Kier molecular flexibility index (Phi) is 4.31. The maximum absolute atomic E-state index is 10.9. The third-order valence-electron chi connectivity index (χ3n) is 2.31. The fourth-order valence-corrected chi connectivity index (χ4v) is 1.96. The molecule has 0 aromatic rings. The normalized spacial score (nSPS) is 22.1. The van der Waals surface area contributed by atoms with E-state index in [0.717, 1.165) is 26.3 Å². The molecule has 1 aliphatic rings. The first-order valence-electron chi connectivity index (χ1n) is 4.75. The van der Waals surface area contributed by atoms with Gasteiger partial charge in [-0.1, -0.05) is 0 Å².